The maximum absolute atomic E-state index is 12.5. The summed E-state index contributed by atoms with van der Waals surface area (Å²) >= 11 is 1.29. The van der Waals surface area contributed by atoms with Gasteiger partial charge in [0.05, 0.1) is 11.4 Å². The molecule has 0 spiro atoms. The van der Waals surface area contributed by atoms with Gasteiger partial charge >= 0.3 is 0 Å². The van der Waals surface area contributed by atoms with Gasteiger partial charge in [-0.15, -0.1) is 11.3 Å². The average Bonchev–Trinajstić information content (AvgIpc) is 2.93. The quantitative estimate of drug-likeness (QED) is 0.750. The van der Waals surface area contributed by atoms with E-state index in [2.05, 4.69) is 25.2 Å². The molecule has 0 unspecified atom stereocenters. The first-order valence-electron chi connectivity index (χ1n) is 6.52. The predicted octanol–water partition coefficient (Wildman–Crippen LogP) is 1.78. The molecule has 0 fully saturated rings. The second kappa shape index (κ2) is 6.12. The number of H-pyrrole nitrogens is 1. The fourth-order valence-electron chi connectivity index (χ4n) is 1.81. The Hall–Kier alpha value is -1.45. The van der Waals surface area contributed by atoms with Crippen molar-refractivity contribution in [2.24, 2.45) is 0 Å². The standard InChI is InChI=1S/C12H19N5O2S2/c1-7(2)13-6-10-11(9(4)15-16-10)21(18,19)17-12-14-5-8(3)20-12/h5,7,13H,6H2,1-4H3,(H,14,17)(H,15,16). The largest absolute Gasteiger partial charge is 0.309 e. The molecule has 3 N–H and O–H groups in total. The number of aromatic amines is 1. The van der Waals surface area contributed by atoms with E-state index in [1.54, 1.807) is 13.1 Å². The third-order valence-corrected chi connectivity index (χ3v) is 5.25. The first-order valence-corrected chi connectivity index (χ1v) is 8.82. The van der Waals surface area contributed by atoms with Gasteiger partial charge in [-0.3, -0.25) is 9.82 Å². The Labute approximate surface area is 128 Å². The molecule has 2 aromatic heterocycles. The van der Waals surface area contributed by atoms with Crippen molar-refractivity contribution in [2.45, 2.75) is 45.2 Å². The molecule has 0 bridgehead atoms. The van der Waals surface area contributed by atoms with Crippen LogP contribution in [0.15, 0.2) is 11.1 Å². The monoisotopic (exact) mass is 329 g/mol. The second-order valence-electron chi connectivity index (χ2n) is 5.04. The van der Waals surface area contributed by atoms with Gasteiger partial charge in [-0.1, -0.05) is 13.8 Å². The number of sulfonamides is 1. The summed E-state index contributed by atoms with van der Waals surface area (Å²) in [7, 11) is -3.70. The van der Waals surface area contributed by atoms with Crippen molar-refractivity contribution in [1.29, 1.82) is 0 Å². The number of aromatic nitrogens is 3. The summed E-state index contributed by atoms with van der Waals surface area (Å²) in [4.78, 5) is 5.15. The van der Waals surface area contributed by atoms with Crippen LogP contribution in [0.2, 0.25) is 0 Å². The SMILES string of the molecule is Cc1cnc(NS(=O)(=O)c2c(CNC(C)C)n[nH]c2C)s1. The molecule has 2 aromatic rings. The summed E-state index contributed by atoms with van der Waals surface area (Å²) < 4.78 is 27.6. The Kier molecular flexibility index (Phi) is 4.64. The summed E-state index contributed by atoms with van der Waals surface area (Å²) in [5, 5.41) is 10.3. The Morgan fingerprint density at radius 3 is 2.67 bits per heavy atom. The van der Waals surface area contributed by atoms with E-state index >= 15 is 0 Å². The molecule has 0 aromatic carbocycles. The molecule has 0 atom stereocenters. The van der Waals surface area contributed by atoms with Crippen LogP contribution in [0.25, 0.3) is 0 Å². The topological polar surface area (TPSA) is 99.8 Å². The fraction of sp³-hybridized carbons (Fsp3) is 0.500. The van der Waals surface area contributed by atoms with Gasteiger partial charge in [0.15, 0.2) is 5.13 Å². The van der Waals surface area contributed by atoms with Gasteiger partial charge in [0.1, 0.15) is 4.90 Å². The minimum atomic E-state index is -3.70. The van der Waals surface area contributed by atoms with Crippen LogP contribution in [0.1, 0.15) is 30.1 Å². The van der Waals surface area contributed by atoms with Crippen LogP contribution in [-0.4, -0.2) is 29.6 Å². The zero-order valence-corrected chi connectivity index (χ0v) is 14.0. The number of aryl methyl sites for hydroxylation is 2. The Bertz CT molecular complexity index is 718. The van der Waals surface area contributed by atoms with Crippen LogP contribution in [0, 0.1) is 13.8 Å². The molecular formula is C12H19N5O2S2. The predicted molar refractivity (Wildman–Crippen MR) is 83.0 cm³/mol. The lowest BCUT2D eigenvalue weighted by molar-refractivity contribution is 0.570. The van der Waals surface area contributed by atoms with Gasteiger partial charge in [0, 0.05) is 23.7 Å². The van der Waals surface area contributed by atoms with Crippen molar-refractivity contribution < 1.29 is 8.42 Å². The van der Waals surface area contributed by atoms with E-state index in [1.165, 1.54) is 11.3 Å². The molecular weight excluding hydrogens is 310 g/mol. The molecule has 2 heterocycles. The first-order chi connectivity index (χ1) is 9.79. The summed E-state index contributed by atoms with van der Waals surface area (Å²) in [6, 6.07) is 0.243. The number of hydrogen-bond acceptors (Lipinski definition) is 6. The molecule has 9 heteroatoms. The van der Waals surface area contributed by atoms with Crippen LogP contribution < -0.4 is 10.0 Å². The lowest BCUT2D eigenvalue weighted by Gasteiger charge is -2.09. The molecule has 7 nitrogen and oxygen atoms in total. The van der Waals surface area contributed by atoms with Crippen LogP contribution in [-0.2, 0) is 16.6 Å². The lowest BCUT2D eigenvalue weighted by atomic mass is 10.3. The summed E-state index contributed by atoms with van der Waals surface area (Å²) in [5.41, 5.74) is 0.985. The molecule has 0 radical (unpaired) electrons. The summed E-state index contributed by atoms with van der Waals surface area (Å²) in [6.45, 7) is 7.92. The van der Waals surface area contributed by atoms with Crippen LogP contribution in [0.4, 0.5) is 5.13 Å². The molecule has 0 aliphatic carbocycles. The zero-order chi connectivity index (χ0) is 15.6. The number of rotatable bonds is 6. The third-order valence-electron chi connectivity index (χ3n) is 2.75. The van der Waals surface area contributed by atoms with Crippen LogP contribution in [0.3, 0.4) is 0 Å². The molecule has 2 rings (SSSR count). The van der Waals surface area contributed by atoms with Gasteiger partial charge in [-0.05, 0) is 13.8 Å². The van der Waals surface area contributed by atoms with Gasteiger partial charge in [-0.25, -0.2) is 13.4 Å². The van der Waals surface area contributed by atoms with E-state index in [1.807, 2.05) is 20.8 Å². The highest BCUT2D eigenvalue weighted by Gasteiger charge is 2.25. The van der Waals surface area contributed by atoms with Crippen molar-refractivity contribution in [2.75, 3.05) is 4.72 Å². The van der Waals surface area contributed by atoms with Gasteiger partial charge in [-0.2, -0.15) is 5.10 Å². The molecule has 0 aliphatic rings. The molecule has 116 valence electrons. The van der Waals surface area contributed by atoms with E-state index in [0.717, 1.165) is 4.88 Å². The first kappa shape index (κ1) is 15.9. The fourth-order valence-corrected chi connectivity index (χ4v) is 4.09. The summed E-state index contributed by atoms with van der Waals surface area (Å²) in [5.74, 6) is 0. The molecule has 0 amide bonds. The maximum atomic E-state index is 12.5. The van der Waals surface area contributed by atoms with Crippen molar-refractivity contribution in [3.63, 3.8) is 0 Å². The molecule has 21 heavy (non-hydrogen) atoms. The smallest absolute Gasteiger partial charge is 0.267 e. The molecule has 0 aliphatic heterocycles. The maximum Gasteiger partial charge on any atom is 0.267 e. The molecule has 0 saturated heterocycles. The highest BCUT2D eigenvalue weighted by atomic mass is 32.2. The number of hydrogen-bond donors (Lipinski definition) is 3. The average molecular weight is 329 g/mol. The lowest BCUT2D eigenvalue weighted by Crippen LogP contribution is -2.24. The molecule has 0 saturated carbocycles. The van der Waals surface area contributed by atoms with Gasteiger partial charge in [0.25, 0.3) is 10.0 Å². The number of nitrogens with zero attached hydrogens (tertiary/aromatic N) is 2. The van der Waals surface area contributed by atoms with E-state index in [9.17, 15) is 8.42 Å². The van der Waals surface area contributed by atoms with E-state index in [-0.39, 0.29) is 10.9 Å². The van der Waals surface area contributed by atoms with Crippen molar-refractivity contribution in [3.05, 3.63) is 22.5 Å². The van der Waals surface area contributed by atoms with Crippen LogP contribution >= 0.6 is 11.3 Å². The Morgan fingerprint density at radius 2 is 2.10 bits per heavy atom. The van der Waals surface area contributed by atoms with E-state index < -0.39 is 10.0 Å². The zero-order valence-electron chi connectivity index (χ0n) is 12.4. The van der Waals surface area contributed by atoms with Crippen molar-refractivity contribution in [1.82, 2.24) is 20.5 Å². The van der Waals surface area contributed by atoms with Crippen LogP contribution in [0.5, 0.6) is 0 Å². The summed E-state index contributed by atoms with van der Waals surface area (Å²) in [6.07, 6.45) is 1.63. The Morgan fingerprint density at radius 1 is 1.38 bits per heavy atom. The Balaban J connectivity index is 2.28. The normalized spacial score (nSPS) is 12.0. The second-order valence-corrected chi connectivity index (χ2v) is 7.90. The van der Waals surface area contributed by atoms with Crippen molar-refractivity contribution in [3.8, 4) is 0 Å². The highest BCUT2D eigenvalue weighted by Crippen LogP contribution is 2.24. The number of anilines is 1. The van der Waals surface area contributed by atoms with E-state index in [0.29, 0.717) is 23.1 Å². The highest BCUT2D eigenvalue weighted by molar-refractivity contribution is 7.93. The number of thiazole rings is 1. The minimum Gasteiger partial charge on any atom is -0.309 e. The third kappa shape index (κ3) is 3.80. The van der Waals surface area contributed by atoms with E-state index in [4.69, 9.17) is 0 Å². The van der Waals surface area contributed by atoms with Gasteiger partial charge in [0.2, 0.25) is 0 Å². The number of nitrogens with one attached hydrogen (secondary N) is 3. The van der Waals surface area contributed by atoms with Gasteiger partial charge < -0.3 is 5.32 Å². The van der Waals surface area contributed by atoms with Crippen molar-refractivity contribution >= 4 is 26.5 Å². The minimum absolute atomic E-state index is 0.184.